The van der Waals surface area contributed by atoms with Gasteiger partial charge in [-0.05, 0) is 44.2 Å². The van der Waals surface area contributed by atoms with E-state index in [2.05, 4.69) is 38.3 Å². The summed E-state index contributed by atoms with van der Waals surface area (Å²) in [6, 6.07) is 0. The number of carbonyl (C=O) groups is 1. The fourth-order valence-electron chi connectivity index (χ4n) is 3.11. The second-order valence-electron chi connectivity index (χ2n) is 7.62. The molecule has 1 rings (SSSR count). The number of nitrogens with one attached hydrogen (secondary N) is 2. The van der Waals surface area contributed by atoms with Crippen molar-refractivity contribution in [3.63, 3.8) is 0 Å². The third-order valence-corrected chi connectivity index (χ3v) is 4.90. The summed E-state index contributed by atoms with van der Waals surface area (Å²) in [4.78, 5) is 12.4. The van der Waals surface area contributed by atoms with Crippen LogP contribution in [0.4, 0.5) is 0 Å². The maximum absolute atomic E-state index is 12.4. The Bertz CT molecular complexity index is 294. The third kappa shape index (κ3) is 6.82. The van der Waals surface area contributed by atoms with E-state index in [9.17, 15) is 4.79 Å². The zero-order valence-corrected chi connectivity index (χ0v) is 14.6. The average Bonchev–Trinajstić information content (AvgIpc) is 2.46. The van der Waals surface area contributed by atoms with Crippen LogP contribution < -0.4 is 10.6 Å². The molecule has 0 saturated carbocycles. The Labute approximate surface area is 131 Å². The Morgan fingerprint density at radius 2 is 1.95 bits per heavy atom. The summed E-state index contributed by atoms with van der Waals surface area (Å²) in [6.45, 7) is 11.7. The SMILES string of the molecule is CC(C)CCCCCCNC(=O)C(C)(C)C1CCCNC1. The largest absolute Gasteiger partial charge is 0.356 e. The normalized spacial score (nSPS) is 19.8. The van der Waals surface area contributed by atoms with Gasteiger partial charge in [-0.3, -0.25) is 4.79 Å². The molecule has 0 aliphatic carbocycles. The molecule has 1 heterocycles. The zero-order valence-electron chi connectivity index (χ0n) is 14.6. The van der Waals surface area contributed by atoms with Gasteiger partial charge < -0.3 is 10.6 Å². The van der Waals surface area contributed by atoms with Gasteiger partial charge in [0.1, 0.15) is 0 Å². The fourth-order valence-corrected chi connectivity index (χ4v) is 3.11. The number of carbonyl (C=O) groups excluding carboxylic acids is 1. The third-order valence-electron chi connectivity index (χ3n) is 4.90. The highest BCUT2D eigenvalue weighted by molar-refractivity contribution is 5.82. The quantitative estimate of drug-likeness (QED) is 0.636. The fraction of sp³-hybridized carbons (Fsp3) is 0.944. The molecular weight excluding hydrogens is 260 g/mol. The van der Waals surface area contributed by atoms with Gasteiger partial charge in [-0.1, -0.05) is 53.4 Å². The van der Waals surface area contributed by atoms with Crippen molar-refractivity contribution >= 4 is 5.91 Å². The summed E-state index contributed by atoms with van der Waals surface area (Å²) in [5.74, 6) is 1.52. The first-order chi connectivity index (χ1) is 9.94. The number of unbranched alkanes of at least 4 members (excludes halogenated alkanes) is 3. The molecular formula is C18H36N2O. The topological polar surface area (TPSA) is 41.1 Å². The minimum atomic E-state index is -0.245. The van der Waals surface area contributed by atoms with E-state index in [0.717, 1.165) is 32.0 Å². The van der Waals surface area contributed by atoms with E-state index < -0.39 is 0 Å². The van der Waals surface area contributed by atoms with Gasteiger partial charge in [-0.25, -0.2) is 0 Å². The van der Waals surface area contributed by atoms with E-state index in [1.165, 1.54) is 38.5 Å². The van der Waals surface area contributed by atoms with Gasteiger partial charge in [-0.2, -0.15) is 0 Å². The van der Waals surface area contributed by atoms with Crippen LogP contribution in [0.15, 0.2) is 0 Å². The molecule has 2 N–H and O–H groups in total. The lowest BCUT2D eigenvalue weighted by atomic mass is 9.74. The van der Waals surface area contributed by atoms with Crippen molar-refractivity contribution in [3.05, 3.63) is 0 Å². The van der Waals surface area contributed by atoms with Crippen molar-refractivity contribution in [3.8, 4) is 0 Å². The van der Waals surface area contributed by atoms with Crippen molar-refractivity contribution in [2.75, 3.05) is 19.6 Å². The summed E-state index contributed by atoms with van der Waals surface area (Å²) in [6.07, 6.45) is 8.66. The second kappa shape index (κ2) is 9.45. The van der Waals surface area contributed by atoms with Gasteiger partial charge in [0.05, 0.1) is 0 Å². The summed E-state index contributed by atoms with van der Waals surface area (Å²) in [7, 11) is 0. The maximum atomic E-state index is 12.4. The van der Waals surface area contributed by atoms with Crippen LogP contribution in [0.2, 0.25) is 0 Å². The molecule has 1 saturated heterocycles. The molecule has 3 nitrogen and oxygen atoms in total. The number of piperidine rings is 1. The average molecular weight is 296 g/mol. The van der Waals surface area contributed by atoms with Gasteiger partial charge in [0, 0.05) is 12.0 Å². The minimum Gasteiger partial charge on any atom is -0.356 e. The van der Waals surface area contributed by atoms with Crippen molar-refractivity contribution in [2.24, 2.45) is 17.3 Å². The highest BCUT2D eigenvalue weighted by atomic mass is 16.2. The summed E-state index contributed by atoms with van der Waals surface area (Å²) in [5.41, 5.74) is -0.245. The van der Waals surface area contributed by atoms with Crippen molar-refractivity contribution in [2.45, 2.75) is 72.6 Å². The van der Waals surface area contributed by atoms with E-state index in [4.69, 9.17) is 0 Å². The number of hydrogen-bond donors (Lipinski definition) is 2. The molecule has 1 aliphatic heterocycles. The predicted molar refractivity (Wildman–Crippen MR) is 90.3 cm³/mol. The van der Waals surface area contributed by atoms with E-state index in [0.29, 0.717) is 5.92 Å². The first-order valence-electron chi connectivity index (χ1n) is 8.93. The maximum Gasteiger partial charge on any atom is 0.225 e. The standard InChI is InChI=1S/C18H36N2O/c1-15(2)10-7-5-6-8-13-20-17(21)18(3,4)16-11-9-12-19-14-16/h15-16,19H,5-14H2,1-4H3,(H,20,21). The summed E-state index contributed by atoms with van der Waals surface area (Å²) >= 11 is 0. The lowest BCUT2D eigenvalue weighted by Gasteiger charge is -2.36. The Morgan fingerprint density at radius 3 is 2.57 bits per heavy atom. The van der Waals surface area contributed by atoms with Gasteiger partial charge in [0.2, 0.25) is 5.91 Å². The van der Waals surface area contributed by atoms with Crippen LogP contribution in [0.5, 0.6) is 0 Å². The lowest BCUT2D eigenvalue weighted by Crippen LogP contribution is -2.47. The highest BCUT2D eigenvalue weighted by Gasteiger charge is 2.36. The van der Waals surface area contributed by atoms with Gasteiger partial charge in [0.15, 0.2) is 0 Å². The first kappa shape index (κ1) is 18.5. The molecule has 124 valence electrons. The van der Waals surface area contributed by atoms with E-state index in [1.807, 2.05) is 0 Å². The highest BCUT2D eigenvalue weighted by Crippen LogP contribution is 2.31. The smallest absolute Gasteiger partial charge is 0.225 e. The van der Waals surface area contributed by atoms with Crippen LogP contribution in [-0.4, -0.2) is 25.5 Å². The Balaban J connectivity index is 2.14. The van der Waals surface area contributed by atoms with Crippen LogP contribution in [0.1, 0.15) is 72.6 Å². The van der Waals surface area contributed by atoms with Crippen LogP contribution in [-0.2, 0) is 4.79 Å². The predicted octanol–water partition coefficient (Wildman–Crippen LogP) is 3.73. The first-order valence-corrected chi connectivity index (χ1v) is 8.93. The molecule has 1 atom stereocenters. The molecule has 21 heavy (non-hydrogen) atoms. The Morgan fingerprint density at radius 1 is 1.24 bits per heavy atom. The molecule has 0 aromatic heterocycles. The van der Waals surface area contributed by atoms with E-state index >= 15 is 0 Å². The van der Waals surface area contributed by atoms with Gasteiger partial charge >= 0.3 is 0 Å². The lowest BCUT2D eigenvalue weighted by molar-refractivity contribution is -0.132. The molecule has 1 unspecified atom stereocenters. The zero-order chi connectivity index (χ0) is 15.7. The number of rotatable bonds is 9. The molecule has 1 amide bonds. The van der Waals surface area contributed by atoms with Crippen molar-refractivity contribution < 1.29 is 4.79 Å². The van der Waals surface area contributed by atoms with Crippen LogP contribution in [0.25, 0.3) is 0 Å². The molecule has 0 spiro atoms. The Kier molecular flexibility index (Phi) is 8.31. The summed E-state index contributed by atoms with van der Waals surface area (Å²) < 4.78 is 0. The van der Waals surface area contributed by atoms with Gasteiger partial charge in [0.25, 0.3) is 0 Å². The Hall–Kier alpha value is -0.570. The molecule has 3 heteroatoms. The molecule has 1 aliphatic rings. The van der Waals surface area contributed by atoms with Gasteiger partial charge in [-0.15, -0.1) is 0 Å². The monoisotopic (exact) mass is 296 g/mol. The van der Waals surface area contributed by atoms with Crippen molar-refractivity contribution in [1.82, 2.24) is 10.6 Å². The minimum absolute atomic E-state index is 0.235. The summed E-state index contributed by atoms with van der Waals surface area (Å²) in [5, 5.41) is 6.57. The van der Waals surface area contributed by atoms with E-state index in [1.54, 1.807) is 0 Å². The van der Waals surface area contributed by atoms with Crippen LogP contribution in [0, 0.1) is 17.3 Å². The number of amides is 1. The van der Waals surface area contributed by atoms with E-state index in [-0.39, 0.29) is 11.3 Å². The van der Waals surface area contributed by atoms with Crippen molar-refractivity contribution in [1.29, 1.82) is 0 Å². The molecule has 0 radical (unpaired) electrons. The molecule has 0 aromatic rings. The van der Waals surface area contributed by atoms with Crippen LogP contribution >= 0.6 is 0 Å². The molecule has 1 fully saturated rings. The number of hydrogen-bond acceptors (Lipinski definition) is 2. The second-order valence-corrected chi connectivity index (χ2v) is 7.62. The van der Waals surface area contributed by atoms with Crippen LogP contribution in [0.3, 0.4) is 0 Å². The molecule has 0 bridgehead atoms. The molecule has 0 aromatic carbocycles.